The van der Waals surface area contributed by atoms with Crippen LogP contribution in [0.4, 0.5) is 0 Å². The number of likely N-dealkylation sites (N-methyl/N-ethyl adjacent to an activating group) is 1. The van der Waals surface area contributed by atoms with Crippen LogP contribution in [0.15, 0.2) is 21.7 Å². The first kappa shape index (κ1) is 13.5. The fourth-order valence-electron chi connectivity index (χ4n) is 1.70. The third-order valence-corrected chi connectivity index (χ3v) is 5.84. The van der Waals surface area contributed by atoms with Crippen molar-refractivity contribution in [2.24, 2.45) is 0 Å². The number of nitrogens with one attached hydrogen (secondary N) is 1. The highest BCUT2D eigenvalue weighted by Crippen LogP contribution is 2.26. The quantitative estimate of drug-likeness (QED) is 0.880. The Morgan fingerprint density at radius 3 is 2.72 bits per heavy atom. The van der Waals surface area contributed by atoms with Gasteiger partial charge in [-0.25, -0.2) is 8.42 Å². The van der Waals surface area contributed by atoms with E-state index >= 15 is 0 Å². The molecule has 0 bridgehead atoms. The predicted octanol–water partition coefficient (Wildman–Crippen LogP) is 1.04. The van der Waals surface area contributed by atoms with Crippen LogP contribution in [0.25, 0.3) is 0 Å². The summed E-state index contributed by atoms with van der Waals surface area (Å²) in [6.07, 6.45) is 2.01. The summed E-state index contributed by atoms with van der Waals surface area (Å²) in [5.74, 6) is -0.183. The van der Waals surface area contributed by atoms with Gasteiger partial charge in [0, 0.05) is 13.1 Å². The Kier molecular flexibility index (Phi) is 3.74. The molecule has 0 aliphatic heterocycles. The number of carbonyl (C=O) groups is 1. The molecule has 1 aromatic rings. The molecule has 0 saturated heterocycles. The third kappa shape index (κ3) is 2.90. The highest BCUT2D eigenvalue weighted by molar-refractivity contribution is 7.91. The van der Waals surface area contributed by atoms with Gasteiger partial charge in [-0.3, -0.25) is 4.79 Å². The molecule has 7 heteroatoms. The van der Waals surface area contributed by atoms with Crippen LogP contribution in [-0.2, 0) is 14.8 Å². The molecule has 1 fully saturated rings. The largest absolute Gasteiger partial charge is 0.341 e. The number of nitrogens with zero attached hydrogens (tertiary/aromatic N) is 1. The molecule has 0 spiro atoms. The van der Waals surface area contributed by atoms with E-state index in [4.69, 9.17) is 0 Å². The van der Waals surface area contributed by atoms with Crippen molar-refractivity contribution < 1.29 is 13.2 Å². The summed E-state index contributed by atoms with van der Waals surface area (Å²) in [6, 6.07) is 2.74. The second kappa shape index (κ2) is 4.99. The molecule has 0 unspecified atom stereocenters. The smallest absolute Gasteiger partial charge is 0.250 e. The van der Waals surface area contributed by atoms with Crippen LogP contribution in [0.3, 0.4) is 0 Å². The van der Waals surface area contributed by atoms with Gasteiger partial charge < -0.3 is 4.90 Å². The van der Waals surface area contributed by atoms with Gasteiger partial charge in [0.2, 0.25) is 5.91 Å². The van der Waals surface area contributed by atoms with Crippen LogP contribution >= 0.6 is 11.3 Å². The molecular weight excluding hydrogens is 272 g/mol. The maximum Gasteiger partial charge on any atom is 0.250 e. The fourth-order valence-corrected chi connectivity index (χ4v) is 3.91. The van der Waals surface area contributed by atoms with Crippen LogP contribution in [0.2, 0.25) is 0 Å². The molecule has 1 aliphatic carbocycles. The summed E-state index contributed by atoms with van der Waals surface area (Å²) in [5.41, 5.74) is 0. The molecule has 2 rings (SSSR count). The zero-order chi connectivity index (χ0) is 13.3. The molecule has 1 heterocycles. The van der Waals surface area contributed by atoms with Gasteiger partial charge in [0.1, 0.15) is 4.21 Å². The number of thiophene rings is 1. The van der Waals surface area contributed by atoms with Crippen molar-refractivity contribution in [1.82, 2.24) is 9.62 Å². The van der Waals surface area contributed by atoms with Crippen LogP contribution in [-0.4, -0.2) is 38.4 Å². The minimum absolute atomic E-state index is 0.183. The first-order valence-corrected chi connectivity index (χ1v) is 8.10. The number of hydrogen-bond donors (Lipinski definition) is 1. The zero-order valence-corrected chi connectivity index (χ0v) is 11.9. The standard InChI is InChI=1S/C11H16N2O3S2/c1-8(11(14)13(2)9-5-6-9)12-18(15,16)10-4-3-7-17-10/h3-4,7-9,12H,5-6H2,1-2H3/t8-/m0/s1. The lowest BCUT2D eigenvalue weighted by Gasteiger charge is -2.21. The highest BCUT2D eigenvalue weighted by atomic mass is 32.2. The van der Waals surface area contributed by atoms with E-state index in [9.17, 15) is 13.2 Å². The van der Waals surface area contributed by atoms with Crippen molar-refractivity contribution in [2.75, 3.05) is 7.05 Å². The molecule has 0 aromatic carbocycles. The number of rotatable bonds is 5. The van der Waals surface area contributed by atoms with Crippen molar-refractivity contribution in [2.45, 2.75) is 36.1 Å². The van der Waals surface area contributed by atoms with Crippen molar-refractivity contribution >= 4 is 27.3 Å². The van der Waals surface area contributed by atoms with Gasteiger partial charge in [0.15, 0.2) is 0 Å². The van der Waals surface area contributed by atoms with Crippen LogP contribution < -0.4 is 4.72 Å². The molecule has 100 valence electrons. The second-order valence-electron chi connectivity index (χ2n) is 4.46. The number of hydrogen-bond acceptors (Lipinski definition) is 4. The van der Waals surface area contributed by atoms with Gasteiger partial charge in [-0.15, -0.1) is 11.3 Å². The first-order chi connectivity index (χ1) is 8.42. The maximum absolute atomic E-state index is 12.0. The van der Waals surface area contributed by atoms with Crippen molar-refractivity contribution in [3.05, 3.63) is 17.5 Å². The molecule has 1 aromatic heterocycles. The molecule has 18 heavy (non-hydrogen) atoms. The molecule has 1 amide bonds. The van der Waals surface area contributed by atoms with Crippen molar-refractivity contribution in [3.63, 3.8) is 0 Å². The van der Waals surface area contributed by atoms with E-state index in [1.165, 1.54) is 6.07 Å². The summed E-state index contributed by atoms with van der Waals surface area (Å²) in [4.78, 5) is 13.6. The Hall–Kier alpha value is -0.920. The van der Waals surface area contributed by atoms with Crippen LogP contribution in [0.5, 0.6) is 0 Å². The van der Waals surface area contributed by atoms with Gasteiger partial charge in [-0.1, -0.05) is 6.07 Å². The lowest BCUT2D eigenvalue weighted by Crippen LogP contribution is -2.46. The zero-order valence-electron chi connectivity index (χ0n) is 10.3. The van der Waals surface area contributed by atoms with E-state index in [1.807, 2.05) is 0 Å². The van der Waals surface area contributed by atoms with Crippen molar-refractivity contribution in [1.29, 1.82) is 0 Å². The van der Waals surface area contributed by atoms with Crippen LogP contribution in [0, 0.1) is 0 Å². The monoisotopic (exact) mass is 288 g/mol. The van der Waals surface area contributed by atoms with E-state index in [0.29, 0.717) is 0 Å². The highest BCUT2D eigenvalue weighted by Gasteiger charge is 2.33. The Labute approximate surface area is 111 Å². The van der Waals surface area contributed by atoms with Gasteiger partial charge in [-0.2, -0.15) is 4.72 Å². The van der Waals surface area contributed by atoms with E-state index < -0.39 is 16.1 Å². The first-order valence-electron chi connectivity index (χ1n) is 5.74. The van der Waals surface area contributed by atoms with E-state index in [1.54, 1.807) is 30.3 Å². The number of sulfonamides is 1. The molecule has 1 atom stereocenters. The van der Waals surface area contributed by atoms with Crippen molar-refractivity contribution in [3.8, 4) is 0 Å². The lowest BCUT2D eigenvalue weighted by atomic mass is 10.3. The maximum atomic E-state index is 12.0. The van der Waals surface area contributed by atoms with Crippen LogP contribution in [0.1, 0.15) is 19.8 Å². The molecule has 0 radical (unpaired) electrons. The minimum atomic E-state index is -3.58. The third-order valence-electron chi connectivity index (χ3n) is 2.90. The normalized spacial score (nSPS) is 17.4. The summed E-state index contributed by atoms with van der Waals surface area (Å²) < 4.78 is 26.5. The Balaban J connectivity index is 2.02. The van der Waals surface area contributed by atoms with Gasteiger partial charge in [-0.05, 0) is 31.2 Å². The summed E-state index contributed by atoms with van der Waals surface area (Å²) >= 11 is 1.14. The number of carbonyl (C=O) groups excluding carboxylic acids is 1. The second-order valence-corrected chi connectivity index (χ2v) is 7.34. The fraction of sp³-hybridized carbons (Fsp3) is 0.545. The molecule has 5 nitrogen and oxygen atoms in total. The van der Waals surface area contributed by atoms with E-state index in [-0.39, 0.29) is 16.2 Å². The topological polar surface area (TPSA) is 66.5 Å². The average molecular weight is 288 g/mol. The Morgan fingerprint density at radius 2 is 2.22 bits per heavy atom. The van der Waals surface area contributed by atoms with Gasteiger partial charge >= 0.3 is 0 Å². The molecular formula is C11H16N2O3S2. The summed E-state index contributed by atoms with van der Waals surface area (Å²) in [5, 5.41) is 1.69. The summed E-state index contributed by atoms with van der Waals surface area (Å²) in [6.45, 7) is 1.58. The molecule has 1 N–H and O–H groups in total. The minimum Gasteiger partial charge on any atom is -0.341 e. The molecule has 1 saturated carbocycles. The number of amides is 1. The van der Waals surface area contributed by atoms with Gasteiger partial charge in [0.25, 0.3) is 10.0 Å². The van der Waals surface area contributed by atoms with E-state index in [0.717, 1.165) is 24.2 Å². The Bertz CT molecular complexity index is 520. The average Bonchev–Trinajstić information content (AvgIpc) is 3.00. The predicted molar refractivity (Wildman–Crippen MR) is 69.9 cm³/mol. The van der Waals surface area contributed by atoms with Gasteiger partial charge in [0.05, 0.1) is 6.04 Å². The Morgan fingerprint density at radius 1 is 1.56 bits per heavy atom. The molecule has 1 aliphatic rings. The SMILES string of the molecule is C[C@H](NS(=O)(=O)c1cccs1)C(=O)N(C)C1CC1. The summed E-state index contributed by atoms with van der Waals surface area (Å²) in [7, 11) is -1.86. The lowest BCUT2D eigenvalue weighted by molar-refractivity contribution is -0.131. The van der Waals surface area contributed by atoms with E-state index in [2.05, 4.69) is 4.72 Å².